The minimum absolute atomic E-state index is 0.00399. The van der Waals surface area contributed by atoms with Gasteiger partial charge in [0.05, 0.1) is 11.9 Å². The van der Waals surface area contributed by atoms with Crippen LogP contribution in [-0.4, -0.2) is 64.0 Å². The van der Waals surface area contributed by atoms with Crippen LogP contribution in [0.25, 0.3) is 5.69 Å². The van der Waals surface area contributed by atoms with E-state index in [9.17, 15) is 4.79 Å². The molecule has 2 saturated heterocycles. The lowest BCUT2D eigenvalue weighted by molar-refractivity contribution is -0.131. The van der Waals surface area contributed by atoms with Gasteiger partial charge in [0.15, 0.2) is 0 Å². The number of piperazine rings is 2. The standard InChI is InChI=1S/C19H25N5O/c1-14-10-16(15(2)24(14)17-4-3-5-20-11-17)12-22-8-9-23-7-6-21-19(25)18(23)13-22/h3-5,10-11,18H,6-9,12-13H2,1-2H3,(H,21,25)/t18-/m1/s1. The molecule has 1 amide bonds. The summed E-state index contributed by atoms with van der Waals surface area (Å²) in [5, 5.41) is 2.99. The Kier molecular flexibility index (Phi) is 4.31. The number of aryl methyl sites for hydroxylation is 1. The predicted molar refractivity (Wildman–Crippen MR) is 96.7 cm³/mol. The van der Waals surface area contributed by atoms with E-state index in [1.807, 2.05) is 12.3 Å². The van der Waals surface area contributed by atoms with Crippen LogP contribution in [0.4, 0.5) is 0 Å². The molecule has 2 aromatic rings. The van der Waals surface area contributed by atoms with Gasteiger partial charge in [0.25, 0.3) is 0 Å². The first kappa shape index (κ1) is 16.3. The van der Waals surface area contributed by atoms with Crippen LogP contribution in [0.15, 0.2) is 30.6 Å². The third-order valence-electron chi connectivity index (χ3n) is 5.41. The van der Waals surface area contributed by atoms with Gasteiger partial charge in [0, 0.05) is 56.9 Å². The van der Waals surface area contributed by atoms with Crippen molar-refractivity contribution in [3.05, 3.63) is 47.5 Å². The molecule has 1 atom stereocenters. The minimum atomic E-state index is 0.00399. The Balaban J connectivity index is 1.53. The van der Waals surface area contributed by atoms with Crippen LogP contribution in [0.3, 0.4) is 0 Å². The summed E-state index contributed by atoms with van der Waals surface area (Å²) < 4.78 is 2.26. The van der Waals surface area contributed by atoms with Gasteiger partial charge in [0.2, 0.25) is 5.91 Å². The van der Waals surface area contributed by atoms with Gasteiger partial charge in [-0.15, -0.1) is 0 Å². The summed E-state index contributed by atoms with van der Waals surface area (Å²) >= 11 is 0. The van der Waals surface area contributed by atoms with E-state index in [0.29, 0.717) is 0 Å². The van der Waals surface area contributed by atoms with Crippen molar-refractivity contribution in [1.82, 2.24) is 24.7 Å². The van der Waals surface area contributed by atoms with Crippen molar-refractivity contribution in [2.24, 2.45) is 0 Å². The highest BCUT2D eigenvalue weighted by Gasteiger charge is 2.34. The van der Waals surface area contributed by atoms with Crippen molar-refractivity contribution in [1.29, 1.82) is 0 Å². The number of pyridine rings is 1. The molecule has 2 aliphatic heterocycles. The zero-order valence-electron chi connectivity index (χ0n) is 14.9. The Hall–Kier alpha value is -2.18. The predicted octanol–water partition coefficient (Wildman–Crippen LogP) is 1.11. The lowest BCUT2D eigenvalue weighted by Crippen LogP contribution is -2.63. The fourth-order valence-corrected chi connectivity index (χ4v) is 4.09. The monoisotopic (exact) mass is 339 g/mol. The van der Waals surface area contributed by atoms with E-state index in [-0.39, 0.29) is 11.9 Å². The summed E-state index contributed by atoms with van der Waals surface area (Å²) in [6, 6.07) is 6.32. The Morgan fingerprint density at radius 2 is 2.16 bits per heavy atom. The molecule has 4 heterocycles. The van der Waals surface area contributed by atoms with Gasteiger partial charge in [-0.05, 0) is 37.6 Å². The maximum atomic E-state index is 12.1. The molecule has 6 nitrogen and oxygen atoms in total. The third kappa shape index (κ3) is 3.07. The Bertz CT molecular complexity index is 770. The largest absolute Gasteiger partial charge is 0.353 e. The molecule has 4 rings (SSSR count). The van der Waals surface area contributed by atoms with Gasteiger partial charge in [0.1, 0.15) is 6.04 Å². The molecule has 2 aromatic heterocycles. The molecule has 1 N–H and O–H groups in total. The van der Waals surface area contributed by atoms with E-state index in [1.165, 1.54) is 17.0 Å². The number of nitrogens with zero attached hydrogens (tertiary/aromatic N) is 4. The summed E-state index contributed by atoms with van der Waals surface area (Å²) in [6.07, 6.45) is 3.70. The van der Waals surface area contributed by atoms with Crippen LogP contribution in [0.5, 0.6) is 0 Å². The van der Waals surface area contributed by atoms with Crippen LogP contribution in [-0.2, 0) is 11.3 Å². The van der Waals surface area contributed by atoms with Gasteiger partial charge in [-0.2, -0.15) is 0 Å². The second kappa shape index (κ2) is 6.61. The molecule has 0 saturated carbocycles. The molecule has 0 bridgehead atoms. The van der Waals surface area contributed by atoms with E-state index in [1.54, 1.807) is 6.20 Å². The van der Waals surface area contributed by atoms with Crippen molar-refractivity contribution in [3.8, 4) is 5.69 Å². The van der Waals surface area contributed by atoms with Crippen LogP contribution in [0, 0.1) is 13.8 Å². The highest BCUT2D eigenvalue weighted by Crippen LogP contribution is 2.23. The smallest absolute Gasteiger partial charge is 0.238 e. The number of hydrogen-bond acceptors (Lipinski definition) is 4. The first-order valence-corrected chi connectivity index (χ1v) is 8.96. The number of nitrogens with one attached hydrogen (secondary N) is 1. The Labute approximate surface area is 148 Å². The zero-order chi connectivity index (χ0) is 17.4. The summed E-state index contributed by atoms with van der Waals surface area (Å²) in [7, 11) is 0. The normalized spacial score (nSPS) is 21.8. The summed E-state index contributed by atoms with van der Waals surface area (Å²) in [4.78, 5) is 21.1. The number of rotatable bonds is 3. The number of fused-ring (bicyclic) bond motifs is 1. The van der Waals surface area contributed by atoms with Crippen LogP contribution < -0.4 is 5.32 Å². The van der Waals surface area contributed by atoms with Gasteiger partial charge in [-0.1, -0.05) is 0 Å². The number of amides is 1. The van der Waals surface area contributed by atoms with E-state index in [2.05, 4.69) is 50.6 Å². The van der Waals surface area contributed by atoms with E-state index < -0.39 is 0 Å². The topological polar surface area (TPSA) is 53.4 Å². The van der Waals surface area contributed by atoms with Gasteiger partial charge < -0.3 is 9.88 Å². The second-order valence-corrected chi connectivity index (χ2v) is 7.02. The maximum Gasteiger partial charge on any atom is 0.238 e. The summed E-state index contributed by atoms with van der Waals surface area (Å²) in [5.41, 5.74) is 4.89. The summed E-state index contributed by atoms with van der Waals surface area (Å²) in [6.45, 7) is 9.73. The molecular weight excluding hydrogens is 314 g/mol. The Morgan fingerprint density at radius 1 is 1.28 bits per heavy atom. The summed E-state index contributed by atoms with van der Waals surface area (Å²) in [5.74, 6) is 0.178. The number of aromatic nitrogens is 2. The SMILES string of the molecule is Cc1cc(CN2CCN3CCNC(=O)[C@H]3C2)c(C)n1-c1cccnc1. The van der Waals surface area contributed by atoms with Crippen molar-refractivity contribution in [2.45, 2.75) is 26.4 Å². The molecule has 6 heteroatoms. The lowest BCUT2D eigenvalue weighted by Gasteiger charge is -2.43. The molecule has 0 unspecified atom stereocenters. The molecule has 0 radical (unpaired) electrons. The van der Waals surface area contributed by atoms with E-state index in [0.717, 1.165) is 45.0 Å². The molecule has 0 aliphatic carbocycles. The second-order valence-electron chi connectivity index (χ2n) is 7.02. The highest BCUT2D eigenvalue weighted by molar-refractivity contribution is 5.82. The molecule has 25 heavy (non-hydrogen) atoms. The van der Waals surface area contributed by atoms with Crippen molar-refractivity contribution in [2.75, 3.05) is 32.7 Å². The number of hydrogen-bond donors (Lipinski definition) is 1. The van der Waals surface area contributed by atoms with E-state index >= 15 is 0 Å². The molecule has 2 aliphatic rings. The van der Waals surface area contributed by atoms with Crippen molar-refractivity contribution < 1.29 is 4.79 Å². The molecule has 0 spiro atoms. The fourth-order valence-electron chi connectivity index (χ4n) is 4.09. The van der Waals surface area contributed by atoms with Crippen LogP contribution in [0.1, 0.15) is 17.0 Å². The zero-order valence-corrected chi connectivity index (χ0v) is 14.9. The average molecular weight is 339 g/mol. The molecule has 0 aromatic carbocycles. The Morgan fingerprint density at radius 3 is 2.96 bits per heavy atom. The first-order chi connectivity index (χ1) is 12.1. The maximum absolute atomic E-state index is 12.1. The molecule has 132 valence electrons. The van der Waals surface area contributed by atoms with Gasteiger partial charge in [-0.3, -0.25) is 19.6 Å². The van der Waals surface area contributed by atoms with Crippen LogP contribution in [0.2, 0.25) is 0 Å². The quantitative estimate of drug-likeness (QED) is 0.910. The third-order valence-corrected chi connectivity index (χ3v) is 5.41. The van der Waals surface area contributed by atoms with Crippen molar-refractivity contribution in [3.63, 3.8) is 0 Å². The fraction of sp³-hybridized carbons (Fsp3) is 0.474. The minimum Gasteiger partial charge on any atom is -0.353 e. The average Bonchev–Trinajstić information content (AvgIpc) is 2.90. The number of carbonyl (C=O) groups excluding carboxylic acids is 1. The first-order valence-electron chi connectivity index (χ1n) is 8.96. The number of carbonyl (C=O) groups is 1. The van der Waals surface area contributed by atoms with Gasteiger partial charge >= 0.3 is 0 Å². The van der Waals surface area contributed by atoms with Crippen LogP contribution >= 0.6 is 0 Å². The molecular formula is C19H25N5O. The van der Waals surface area contributed by atoms with E-state index in [4.69, 9.17) is 0 Å². The highest BCUT2D eigenvalue weighted by atomic mass is 16.2. The van der Waals surface area contributed by atoms with Gasteiger partial charge in [-0.25, -0.2) is 0 Å². The van der Waals surface area contributed by atoms with Crippen molar-refractivity contribution >= 4 is 5.91 Å². The molecule has 2 fully saturated rings. The lowest BCUT2D eigenvalue weighted by atomic mass is 10.1.